The van der Waals surface area contributed by atoms with Gasteiger partial charge in [0.15, 0.2) is 0 Å². The van der Waals surface area contributed by atoms with Gasteiger partial charge in [-0.15, -0.1) is 0 Å². The number of likely N-dealkylation sites (N-methyl/N-ethyl adjacent to an activating group) is 1. The van der Waals surface area contributed by atoms with Crippen LogP contribution in [-0.2, 0) is 4.79 Å². The maximum Gasteiger partial charge on any atom is 0.225 e. The number of carbonyl (C=O) groups excluding carboxylic acids is 1. The summed E-state index contributed by atoms with van der Waals surface area (Å²) in [5, 5.41) is 3.33. The van der Waals surface area contributed by atoms with E-state index in [0.29, 0.717) is 0 Å². The summed E-state index contributed by atoms with van der Waals surface area (Å²) < 4.78 is 0. The highest BCUT2D eigenvalue weighted by Crippen LogP contribution is 2.05. The molecule has 4 heteroatoms. The summed E-state index contributed by atoms with van der Waals surface area (Å²) in [7, 11) is 1.91. The van der Waals surface area contributed by atoms with E-state index < -0.39 is 0 Å². The maximum atomic E-state index is 11.8. The van der Waals surface area contributed by atoms with Gasteiger partial charge in [-0.2, -0.15) is 0 Å². The largest absolute Gasteiger partial charge is 0.344 e. The molecule has 1 atom stereocenters. The van der Waals surface area contributed by atoms with Crippen molar-refractivity contribution in [2.45, 2.75) is 20.3 Å². The maximum absolute atomic E-state index is 11.8. The highest BCUT2D eigenvalue weighted by atomic mass is 16.2. The minimum absolute atomic E-state index is 0.160. The minimum Gasteiger partial charge on any atom is -0.344 e. The standard InChI is InChI=1S/C12H25N3O/c1-4-11(2)12(16)14(3)9-10-15-7-5-13-6-8-15/h11,13H,4-10H2,1-3H3. The van der Waals surface area contributed by atoms with Crippen LogP contribution in [0.1, 0.15) is 20.3 Å². The zero-order valence-electron chi connectivity index (χ0n) is 10.8. The molecule has 1 rings (SSSR count). The van der Waals surface area contributed by atoms with Crippen molar-refractivity contribution in [3.05, 3.63) is 0 Å². The van der Waals surface area contributed by atoms with Gasteiger partial charge in [0.1, 0.15) is 0 Å². The fraction of sp³-hybridized carbons (Fsp3) is 0.917. The molecular weight excluding hydrogens is 202 g/mol. The van der Waals surface area contributed by atoms with Crippen LogP contribution in [0.25, 0.3) is 0 Å². The quantitative estimate of drug-likeness (QED) is 0.738. The fourth-order valence-electron chi connectivity index (χ4n) is 1.89. The van der Waals surface area contributed by atoms with Gasteiger partial charge >= 0.3 is 0 Å². The third kappa shape index (κ3) is 4.10. The lowest BCUT2D eigenvalue weighted by atomic mass is 10.1. The molecule has 1 unspecified atom stereocenters. The molecule has 16 heavy (non-hydrogen) atoms. The van der Waals surface area contributed by atoms with Gasteiger partial charge in [-0.25, -0.2) is 0 Å². The molecule has 0 radical (unpaired) electrons. The predicted octanol–water partition coefficient (Wildman–Crippen LogP) is 0.396. The molecule has 4 nitrogen and oxygen atoms in total. The molecule has 1 aliphatic rings. The number of hydrogen-bond donors (Lipinski definition) is 1. The molecule has 0 bridgehead atoms. The monoisotopic (exact) mass is 227 g/mol. The first-order valence-corrected chi connectivity index (χ1v) is 6.33. The van der Waals surface area contributed by atoms with E-state index >= 15 is 0 Å². The van der Waals surface area contributed by atoms with Crippen molar-refractivity contribution in [1.82, 2.24) is 15.1 Å². The van der Waals surface area contributed by atoms with E-state index in [4.69, 9.17) is 0 Å². The molecule has 0 aromatic rings. The van der Waals surface area contributed by atoms with Crippen LogP contribution >= 0.6 is 0 Å². The molecule has 1 saturated heterocycles. The molecule has 0 aromatic carbocycles. The summed E-state index contributed by atoms with van der Waals surface area (Å²) in [6, 6.07) is 0. The summed E-state index contributed by atoms with van der Waals surface area (Å²) >= 11 is 0. The first-order chi connectivity index (χ1) is 7.65. The Morgan fingerprint density at radius 2 is 2.06 bits per heavy atom. The van der Waals surface area contributed by atoms with Gasteiger partial charge in [-0.3, -0.25) is 9.69 Å². The van der Waals surface area contributed by atoms with Crippen LogP contribution in [0.5, 0.6) is 0 Å². The topological polar surface area (TPSA) is 35.6 Å². The van der Waals surface area contributed by atoms with Gasteiger partial charge in [0.2, 0.25) is 5.91 Å². The van der Waals surface area contributed by atoms with Crippen molar-refractivity contribution in [3.8, 4) is 0 Å². The molecule has 0 spiro atoms. The SMILES string of the molecule is CCC(C)C(=O)N(C)CCN1CCNCC1. The van der Waals surface area contributed by atoms with E-state index in [1.165, 1.54) is 0 Å². The second kappa shape index (κ2) is 6.86. The average Bonchev–Trinajstić information content (AvgIpc) is 2.35. The number of piperazine rings is 1. The van der Waals surface area contributed by atoms with Crippen molar-refractivity contribution in [1.29, 1.82) is 0 Å². The Balaban J connectivity index is 2.22. The van der Waals surface area contributed by atoms with Gasteiger partial charge in [0.25, 0.3) is 0 Å². The van der Waals surface area contributed by atoms with E-state index in [0.717, 1.165) is 45.7 Å². The molecule has 0 aliphatic carbocycles. The Kier molecular flexibility index (Phi) is 5.77. The number of hydrogen-bond acceptors (Lipinski definition) is 3. The zero-order valence-corrected chi connectivity index (χ0v) is 10.8. The highest BCUT2D eigenvalue weighted by molar-refractivity contribution is 5.78. The fourth-order valence-corrected chi connectivity index (χ4v) is 1.89. The van der Waals surface area contributed by atoms with Crippen LogP contribution in [0.2, 0.25) is 0 Å². The second-order valence-electron chi connectivity index (χ2n) is 4.66. The number of carbonyl (C=O) groups is 1. The molecule has 1 N–H and O–H groups in total. The molecule has 0 saturated carbocycles. The number of nitrogens with zero attached hydrogens (tertiary/aromatic N) is 2. The van der Waals surface area contributed by atoms with Gasteiger partial charge in [0, 0.05) is 52.2 Å². The van der Waals surface area contributed by atoms with Crippen LogP contribution in [0, 0.1) is 5.92 Å². The number of nitrogens with one attached hydrogen (secondary N) is 1. The molecule has 1 heterocycles. The van der Waals surface area contributed by atoms with Crippen LogP contribution in [-0.4, -0.2) is 62.0 Å². The first-order valence-electron chi connectivity index (χ1n) is 6.33. The van der Waals surface area contributed by atoms with Gasteiger partial charge in [-0.1, -0.05) is 13.8 Å². The number of rotatable bonds is 5. The van der Waals surface area contributed by atoms with E-state index in [2.05, 4.69) is 17.1 Å². The molecule has 1 aliphatic heterocycles. The van der Waals surface area contributed by atoms with Crippen molar-refractivity contribution in [2.75, 3.05) is 46.3 Å². The van der Waals surface area contributed by atoms with Gasteiger partial charge < -0.3 is 10.2 Å². The highest BCUT2D eigenvalue weighted by Gasteiger charge is 2.16. The van der Waals surface area contributed by atoms with E-state index in [-0.39, 0.29) is 11.8 Å². The minimum atomic E-state index is 0.160. The summed E-state index contributed by atoms with van der Waals surface area (Å²) in [6.07, 6.45) is 0.927. The summed E-state index contributed by atoms with van der Waals surface area (Å²) in [5.74, 6) is 0.436. The van der Waals surface area contributed by atoms with Crippen LogP contribution in [0.3, 0.4) is 0 Å². The van der Waals surface area contributed by atoms with Crippen molar-refractivity contribution in [3.63, 3.8) is 0 Å². The lowest BCUT2D eigenvalue weighted by molar-refractivity contribution is -0.133. The molecular formula is C12H25N3O. The van der Waals surface area contributed by atoms with Crippen LogP contribution in [0.15, 0.2) is 0 Å². The van der Waals surface area contributed by atoms with Crippen LogP contribution < -0.4 is 5.32 Å². The van der Waals surface area contributed by atoms with Gasteiger partial charge in [0.05, 0.1) is 0 Å². The summed E-state index contributed by atoms with van der Waals surface area (Å²) in [5.41, 5.74) is 0. The van der Waals surface area contributed by atoms with E-state index in [1.807, 2.05) is 18.9 Å². The van der Waals surface area contributed by atoms with Crippen molar-refractivity contribution >= 4 is 5.91 Å². The molecule has 0 aromatic heterocycles. The lowest BCUT2D eigenvalue weighted by Gasteiger charge is -2.29. The second-order valence-corrected chi connectivity index (χ2v) is 4.66. The van der Waals surface area contributed by atoms with Gasteiger partial charge in [-0.05, 0) is 6.42 Å². The zero-order chi connectivity index (χ0) is 12.0. The third-order valence-electron chi connectivity index (χ3n) is 3.37. The Bertz CT molecular complexity index is 214. The number of amides is 1. The Morgan fingerprint density at radius 1 is 1.44 bits per heavy atom. The predicted molar refractivity (Wildman–Crippen MR) is 66.4 cm³/mol. The molecule has 1 amide bonds. The lowest BCUT2D eigenvalue weighted by Crippen LogP contribution is -2.46. The summed E-state index contributed by atoms with van der Waals surface area (Å²) in [6.45, 7) is 10.3. The third-order valence-corrected chi connectivity index (χ3v) is 3.37. The molecule has 94 valence electrons. The molecule has 1 fully saturated rings. The summed E-state index contributed by atoms with van der Waals surface area (Å²) in [4.78, 5) is 16.1. The average molecular weight is 227 g/mol. The Hall–Kier alpha value is -0.610. The van der Waals surface area contributed by atoms with E-state index in [1.54, 1.807) is 0 Å². The Labute approximate surface area is 99.0 Å². The van der Waals surface area contributed by atoms with Crippen molar-refractivity contribution < 1.29 is 4.79 Å². The smallest absolute Gasteiger partial charge is 0.225 e. The first kappa shape index (κ1) is 13.5. The van der Waals surface area contributed by atoms with E-state index in [9.17, 15) is 4.79 Å². The van der Waals surface area contributed by atoms with Crippen molar-refractivity contribution in [2.24, 2.45) is 5.92 Å². The normalized spacial score (nSPS) is 19.4. The Morgan fingerprint density at radius 3 is 2.62 bits per heavy atom. The van der Waals surface area contributed by atoms with Crippen LogP contribution in [0.4, 0.5) is 0 Å².